The summed E-state index contributed by atoms with van der Waals surface area (Å²) in [5.74, 6) is 3.70. The molecule has 22 nitrogen and oxygen atoms in total. The number of fused-ring (bicyclic) bond motifs is 3. The third kappa shape index (κ3) is 15.9. The molecule has 0 radical (unpaired) electrons. The summed E-state index contributed by atoms with van der Waals surface area (Å²) in [7, 11) is 0. The molecule has 2 fully saturated rings. The molecule has 3 N–H and O–H groups in total. The number of hydrogen-bond acceptors (Lipinski definition) is 19. The van der Waals surface area contributed by atoms with Gasteiger partial charge in [-0.3, -0.25) is 38.9 Å². The minimum absolute atomic E-state index is 0.00985. The number of nitrogens with zero attached hydrogens (tertiary/aromatic N) is 9. The molecule has 1 unspecified atom stereocenters. The van der Waals surface area contributed by atoms with Gasteiger partial charge in [-0.05, 0) is 85.7 Å². The maximum Gasteiger partial charge on any atom is 0.355 e. The smallest absolute Gasteiger partial charge is 0.355 e. The third-order valence-electron chi connectivity index (χ3n) is 15.9. The third-order valence-corrected chi connectivity index (χ3v) is 18.1. The SMILES string of the molecule is O=C1CCC(N2Cc3c(NCCOCCOCCOCc4cn(CCCC(=O)N5CCN(CC#Cc6ccc(OCCCc7sc(N8CCc9cccc(C(=O)Cc%10nc%11ccccc%11s%10)c9C8)nc7C(=O)O)c(F)c6)CC5)nn4)cccc3C2=O)C(=O)N1. The Morgan fingerprint density at radius 2 is 1.65 bits per heavy atom. The van der Waals surface area contributed by atoms with Crippen molar-refractivity contribution in [3.05, 3.63) is 146 Å². The monoisotopic (exact) mass is 1250 g/mol. The van der Waals surface area contributed by atoms with Crippen molar-refractivity contribution in [3.8, 4) is 17.6 Å². The molecule has 0 spiro atoms. The fourth-order valence-electron chi connectivity index (χ4n) is 11.3. The Balaban J connectivity index is 0.523. The predicted octanol–water partition coefficient (Wildman–Crippen LogP) is 6.58. The van der Waals surface area contributed by atoms with E-state index in [-0.39, 0.29) is 61.0 Å². The van der Waals surface area contributed by atoms with Crippen LogP contribution < -0.4 is 20.3 Å². The molecule has 2 saturated heterocycles. The van der Waals surface area contributed by atoms with Crippen molar-refractivity contribution < 1.29 is 57.2 Å². The average molecular weight is 1250 g/mol. The van der Waals surface area contributed by atoms with E-state index in [0.29, 0.717) is 169 Å². The van der Waals surface area contributed by atoms with Gasteiger partial charge in [0.05, 0.1) is 75.6 Å². The first-order valence-corrected chi connectivity index (χ1v) is 31.5. The van der Waals surface area contributed by atoms with Crippen molar-refractivity contribution in [1.82, 2.24) is 45.0 Å². The van der Waals surface area contributed by atoms with Gasteiger partial charge in [0.2, 0.25) is 17.7 Å². The van der Waals surface area contributed by atoms with Crippen molar-refractivity contribution in [2.24, 2.45) is 0 Å². The number of carboxylic acids is 1. The number of aryl methyl sites for hydroxylation is 2. The highest BCUT2D eigenvalue weighted by Crippen LogP contribution is 2.35. The molecule has 0 aliphatic carbocycles. The molecule has 11 rings (SSSR count). The number of carboxylic acid groups (broad SMARTS) is 1. The predicted molar refractivity (Wildman–Crippen MR) is 330 cm³/mol. The van der Waals surface area contributed by atoms with Crippen LogP contribution in [0.1, 0.15) is 101 Å². The molecule has 7 aromatic rings. The lowest BCUT2D eigenvalue weighted by Crippen LogP contribution is -2.52. The number of imide groups is 1. The first-order chi connectivity index (χ1) is 43.4. The number of hydrogen-bond donors (Lipinski definition) is 3. The van der Waals surface area contributed by atoms with E-state index in [0.717, 1.165) is 37.6 Å². The van der Waals surface area contributed by atoms with Crippen LogP contribution in [0.2, 0.25) is 0 Å². The second kappa shape index (κ2) is 29.7. The van der Waals surface area contributed by atoms with Crippen molar-refractivity contribution in [1.29, 1.82) is 0 Å². The number of benzene rings is 4. The number of para-hydroxylation sites is 1. The minimum atomic E-state index is -1.12. The topological polar surface area (TPSA) is 253 Å². The number of thiazole rings is 2. The summed E-state index contributed by atoms with van der Waals surface area (Å²) < 4.78 is 40.9. The number of carbonyl (C=O) groups is 6. The number of ether oxygens (including phenoxy) is 4. The highest BCUT2D eigenvalue weighted by atomic mass is 32.1. The second-order valence-corrected chi connectivity index (χ2v) is 24.1. The minimum Gasteiger partial charge on any atom is -0.491 e. The maximum absolute atomic E-state index is 15.2. The van der Waals surface area contributed by atoms with Crippen molar-refractivity contribution in [2.75, 3.05) is 95.7 Å². The van der Waals surface area contributed by atoms with E-state index in [4.69, 9.17) is 18.9 Å². The Kier molecular flexibility index (Phi) is 20.7. The number of aromatic nitrogens is 5. The Morgan fingerprint density at radius 3 is 2.47 bits per heavy atom. The molecule has 4 amide bonds. The van der Waals surface area contributed by atoms with Gasteiger partial charge in [0.25, 0.3) is 5.91 Å². The van der Waals surface area contributed by atoms with E-state index in [1.165, 1.54) is 33.6 Å². The van der Waals surface area contributed by atoms with Crippen molar-refractivity contribution in [2.45, 2.75) is 83.6 Å². The normalized spacial score (nSPS) is 15.9. The summed E-state index contributed by atoms with van der Waals surface area (Å²) in [5.41, 5.74) is 6.88. The summed E-state index contributed by atoms with van der Waals surface area (Å²) in [6.07, 6.45) is 5.01. The van der Waals surface area contributed by atoms with Crippen LogP contribution in [0.5, 0.6) is 5.75 Å². The van der Waals surface area contributed by atoms with Gasteiger partial charge in [0.1, 0.15) is 16.7 Å². The molecule has 4 aliphatic rings. The largest absolute Gasteiger partial charge is 0.491 e. The first kappa shape index (κ1) is 62.1. The standard InChI is InChI=1S/C64H68FN11O11S2/c65-49-36-42(17-19-54(49)87-30-7-15-56-60(63(82)83)69-64(89-56)74-25-21-43-9-3-10-45(47(43)39-74)53(77)37-58-67-51-12-1-2-14-55(51)88-58)8-5-23-72-26-28-73(29-27-72)59(79)16-6-24-75-38-44(70-71-75)41-86-35-34-85-33-32-84-31-22-66-50-13-4-11-46-48(50)40-76(62(46)81)52-18-20-57(78)68-61(52)80/h1-4,9-14,17,19,36,38,52,66H,6-7,15-16,18,20-35,37,39-41H2,(H,82,83)(H,68,78,80). The number of halogens is 1. The van der Waals surface area contributed by atoms with Gasteiger partial charge in [-0.15, -0.1) is 27.8 Å². The van der Waals surface area contributed by atoms with E-state index in [1.54, 1.807) is 28.9 Å². The molecule has 7 heterocycles. The number of nitrogens with one attached hydrogen (secondary N) is 2. The molecule has 464 valence electrons. The Bertz CT molecular complexity index is 3760. The first-order valence-electron chi connectivity index (χ1n) is 29.9. The van der Waals surface area contributed by atoms with Gasteiger partial charge in [-0.2, -0.15) is 0 Å². The molecule has 1 atom stereocenters. The molecule has 3 aromatic heterocycles. The molecule has 0 saturated carbocycles. The van der Waals surface area contributed by atoms with Gasteiger partial charge >= 0.3 is 5.97 Å². The average Bonchev–Trinajstić information content (AvgIpc) is 2.26. The number of rotatable bonds is 28. The summed E-state index contributed by atoms with van der Waals surface area (Å²) in [6, 6.07) is 23.0. The lowest BCUT2D eigenvalue weighted by molar-refractivity contribution is -0.137. The van der Waals surface area contributed by atoms with Gasteiger partial charge < -0.3 is 44.1 Å². The lowest BCUT2D eigenvalue weighted by atomic mass is 9.92. The van der Waals surface area contributed by atoms with Crippen LogP contribution in [0, 0.1) is 17.7 Å². The molecule has 89 heavy (non-hydrogen) atoms. The fraction of sp³-hybridized carbons (Fsp3) is 0.406. The molecular formula is C64H68FN11O11S2. The Morgan fingerprint density at radius 1 is 0.831 bits per heavy atom. The van der Waals surface area contributed by atoms with Crippen LogP contribution in [0.25, 0.3) is 10.2 Å². The highest BCUT2D eigenvalue weighted by molar-refractivity contribution is 7.18. The number of ketones is 1. The van der Waals surface area contributed by atoms with E-state index < -0.39 is 23.7 Å². The molecule has 25 heteroatoms. The molecule has 4 aromatic carbocycles. The molecular weight excluding hydrogens is 1180 g/mol. The number of piperidine rings is 1. The molecule has 0 bridgehead atoms. The zero-order valence-electron chi connectivity index (χ0n) is 49.1. The maximum atomic E-state index is 15.2. The van der Waals surface area contributed by atoms with Crippen LogP contribution in [0.15, 0.2) is 85.1 Å². The summed E-state index contributed by atoms with van der Waals surface area (Å²) in [4.78, 5) is 93.6. The summed E-state index contributed by atoms with van der Waals surface area (Å²) in [5, 5.41) is 25.5. The zero-order chi connectivity index (χ0) is 61.6. The Hall–Kier alpha value is -8.51. The Labute approximate surface area is 521 Å². The van der Waals surface area contributed by atoms with Crippen LogP contribution >= 0.6 is 22.7 Å². The van der Waals surface area contributed by atoms with Crippen molar-refractivity contribution in [3.63, 3.8) is 0 Å². The van der Waals surface area contributed by atoms with Crippen LogP contribution in [-0.4, -0.2) is 172 Å². The van der Waals surface area contributed by atoms with E-state index >= 15 is 4.39 Å². The summed E-state index contributed by atoms with van der Waals surface area (Å²) >= 11 is 2.84. The second-order valence-electron chi connectivity index (χ2n) is 21.9. The number of aromatic carboxylic acids is 1. The van der Waals surface area contributed by atoms with Crippen LogP contribution in [-0.2, 0) is 74.1 Å². The van der Waals surface area contributed by atoms with Gasteiger partial charge in [0.15, 0.2) is 28.2 Å². The van der Waals surface area contributed by atoms with E-state index in [2.05, 4.69) is 47.7 Å². The van der Waals surface area contributed by atoms with Crippen LogP contribution in [0.3, 0.4) is 0 Å². The van der Waals surface area contributed by atoms with Crippen molar-refractivity contribution >= 4 is 79.1 Å². The highest BCUT2D eigenvalue weighted by Gasteiger charge is 2.40. The fourth-order valence-corrected chi connectivity index (χ4v) is 13.3. The zero-order valence-corrected chi connectivity index (χ0v) is 50.7. The number of anilines is 2. The van der Waals surface area contributed by atoms with E-state index in [9.17, 15) is 33.9 Å². The van der Waals surface area contributed by atoms with Crippen LogP contribution in [0.4, 0.5) is 15.2 Å². The van der Waals surface area contributed by atoms with Gasteiger partial charge in [-0.1, -0.05) is 53.5 Å². The number of carbonyl (C=O) groups excluding carboxylic acids is 5. The molecule has 4 aliphatic heterocycles. The lowest BCUT2D eigenvalue weighted by Gasteiger charge is -2.33. The van der Waals surface area contributed by atoms with Gasteiger partial charge in [0, 0.05) is 105 Å². The van der Waals surface area contributed by atoms with Gasteiger partial charge in [-0.25, -0.2) is 19.2 Å². The number of piperazine rings is 1. The number of amides is 4. The quantitative estimate of drug-likeness (QED) is 0.0203. The summed E-state index contributed by atoms with van der Waals surface area (Å²) in [6.45, 7) is 7.76. The number of Topliss-reactive ketones (excluding diaryl/α,β-unsaturated/α-hetero) is 1. The van der Waals surface area contributed by atoms with E-state index in [1.807, 2.05) is 64.5 Å².